The van der Waals surface area contributed by atoms with Crippen molar-refractivity contribution in [3.8, 4) is 11.5 Å². The lowest BCUT2D eigenvalue weighted by Gasteiger charge is -2.13. The van der Waals surface area contributed by atoms with Gasteiger partial charge in [-0.1, -0.05) is 12.1 Å². The second kappa shape index (κ2) is 5.60. The van der Waals surface area contributed by atoms with Crippen molar-refractivity contribution >= 4 is 0 Å². The summed E-state index contributed by atoms with van der Waals surface area (Å²) in [6.07, 6.45) is -4.73. The Hall–Kier alpha value is -1.43. The quantitative estimate of drug-likeness (QED) is 0.581. The van der Waals surface area contributed by atoms with Crippen molar-refractivity contribution in [2.45, 2.75) is 13.3 Å². The first-order valence-corrected chi connectivity index (χ1v) is 4.58. The van der Waals surface area contributed by atoms with E-state index in [2.05, 4.69) is 4.74 Å². The van der Waals surface area contributed by atoms with Crippen LogP contribution in [0.3, 0.4) is 0 Å². The number of benzene rings is 1. The van der Waals surface area contributed by atoms with Crippen LogP contribution in [0.4, 0.5) is 13.2 Å². The van der Waals surface area contributed by atoms with Crippen LogP contribution in [0.2, 0.25) is 0 Å². The average Bonchev–Trinajstić information content (AvgIpc) is 2.19. The van der Waals surface area contributed by atoms with Gasteiger partial charge in [0, 0.05) is 6.61 Å². The summed E-state index contributed by atoms with van der Waals surface area (Å²) >= 11 is 0. The molecule has 0 unspecified atom stereocenters. The highest BCUT2D eigenvalue weighted by Gasteiger charge is 2.32. The van der Waals surface area contributed by atoms with Gasteiger partial charge in [-0.15, -0.1) is 13.2 Å². The lowest BCUT2D eigenvalue weighted by atomic mass is 10.3. The van der Waals surface area contributed by atoms with E-state index in [0.717, 1.165) is 0 Å². The van der Waals surface area contributed by atoms with E-state index >= 15 is 0 Å². The summed E-state index contributed by atoms with van der Waals surface area (Å²) < 4.78 is 49.6. The van der Waals surface area contributed by atoms with E-state index in [1.165, 1.54) is 18.2 Å². The largest absolute Gasteiger partial charge is 0.573 e. The van der Waals surface area contributed by atoms with Crippen LogP contribution in [0.25, 0.3) is 0 Å². The van der Waals surface area contributed by atoms with Gasteiger partial charge in [0.1, 0.15) is 0 Å². The second-order valence-electron chi connectivity index (χ2n) is 2.75. The molecule has 0 spiro atoms. The van der Waals surface area contributed by atoms with Crippen LogP contribution in [-0.2, 0) is 4.74 Å². The molecule has 0 saturated carbocycles. The molecule has 0 aromatic heterocycles. The first-order chi connectivity index (χ1) is 7.53. The van der Waals surface area contributed by atoms with Crippen molar-refractivity contribution in [1.82, 2.24) is 0 Å². The Morgan fingerprint density at radius 2 is 1.75 bits per heavy atom. The Morgan fingerprint density at radius 3 is 2.31 bits per heavy atom. The molecule has 0 bridgehead atoms. The lowest BCUT2D eigenvalue weighted by molar-refractivity contribution is -0.275. The van der Waals surface area contributed by atoms with Crippen molar-refractivity contribution in [2.75, 3.05) is 13.4 Å². The average molecular weight is 236 g/mol. The summed E-state index contributed by atoms with van der Waals surface area (Å²) in [5.74, 6) is -0.386. The van der Waals surface area contributed by atoms with Gasteiger partial charge < -0.3 is 14.2 Å². The first kappa shape index (κ1) is 12.6. The van der Waals surface area contributed by atoms with E-state index in [1.807, 2.05) is 0 Å². The van der Waals surface area contributed by atoms with Gasteiger partial charge in [-0.25, -0.2) is 0 Å². The minimum Gasteiger partial charge on any atom is -0.464 e. The van der Waals surface area contributed by atoms with Gasteiger partial charge in [0.2, 0.25) is 0 Å². The maximum atomic E-state index is 12.0. The Labute approximate surface area is 90.7 Å². The molecule has 0 aliphatic rings. The van der Waals surface area contributed by atoms with Crippen molar-refractivity contribution < 1.29 is 27.4 Å². The molecule has 0 radical (unpaired) electrons. The smallest absolute Gasteiger partial charge is 0.464 e. The summed E-state index contributed by atoms with van der Waals surface area (Å²) in [5, 5.41) is 0. The molecule has 0 fully saturated rings. The molecule has 90 valence electrons. The third kappa shape index (κ3) is 4.39. The van der Waals surface area contributed by atoms with Crippen LogP contribution in [-0.4, -0.2) is 19.8 Å². The number of alkyl halides is 3. The van der Waals surface area contributed by atoms with Crippen molar-refractivity contribution in [2.24, 2.45) is 0 Å². The van der Waals surface area contributed by atoms with Crippen LogP contribution in [0, 0.1) is 0 Å². The fourth-order valence-electron chi connectivity index (χ4n) is 0.967. The van der Waals surface area contributed by atoms with Gasteiger partial charge in [0.15, 0.2) is 18.3 Å². The van der Waals surface area contributed by atoms with E-state index in [-0.39, 0.29) is 18.3 Å². The van der Waals surface area contributed by atoms with Gasteiger partial charge in [-0.05, 0) is 19.1 Å². The van der Waals surface area contributed by atoms with Crippen LogP contribution in [0.1, 0.15) is 6.92 Å². The Balaban J connectivity index is 2.68. The third-order valence-electron chi connectivity index (χ3n) is 1.58. The van der Waals surface area contributed by atoms with E-state index in [9.17, 15) is 13.2 Å². The van der Waals surface area contributed by atoms with Crippen molar-refractivity contribution in [3.05, 3.63) is 24.3 Å². The van der Waals surface area contributed by atoms with Crippen LogP contribution >= 0.6 is 0 Å². The first-order valence-electron chi connectivity index (χ1n) is 4.58. The normalized spacial score (nSPS) is 11.2. The molecule has 0 atom stereocenters. The van der Waals surface area contributed by atoms with Gasteiger partial charge in [0.25, 0.3) is 0 Å². The predicted octanol–water partition coefficient (Wildman–Crippen LogP) is 2.96. The predicted molar refractivity (Wildman–Crippen MR) is 50.2 cm³/mol. The van der Waals surface area contributed by atoms with Gasteiger partial charge in [0.05, 0.1) is 0 Å². The monoisotopic (exact) mass is 236 g/mol. The molecule has 1 aromatic carbocycles. The minimum absolute atomic E-state index is 0.00623. The zero-order valence-corrected chi connectivity index (χ0v) is 8.58. The Bertz CT molecular complexity index is 325. The number of rotatable bonds is 5. The second-order valence-corrected chi connectivity index (χ2v) is 2.75. The molecule has 1 rings (SSSR count). The van der Waals surface area contributed by atoms with Gasteiger partial charge >= 0.3 is 6.36 Å². The molecule has 0 aliphatic heterocycles. The SMILES string of the molecule is CCOCOc1ccccc1OC(F)(F)F. The molecule has 3 nitrogen and oxygen atoms in total. The highest BCUT2D eigenvalue weighted by Crippen LogP contribution is 2.31. The summed E-state index contributed by atoms with van der Waals surface area (Å²) in [4.78, 5) is 0. The summed E-state index contributed by atoms with van der Waals surface area (Å²) in [6, 6.07) is 5.52. The summed E-state index contributed by atoms with van der Waals surface area (Å²) in [7, 11) is 0. The molecule has 0 heterocycles. The number of para-hydroxylation sites is 2. The third-order valence-corrected chi connectivity index (χ3v) is 1.58. The molecular weight excluding hydrogens is 225 g/mol. The Morgan fingerprint density at radius 1 is 1.12 bits per heavy atom. The fraction of sp³-hybridized carbons (Fsp3) is 0.400. The lowest BCUT2D eigenvalue weighted by Crippen LogP contribution is -2.18. The van der Waals surface area contributed by atoms with Crippen LogP contribution in [0.5, 0.6) is 11.5 Å². The zero-order valence-electron chi connectivity index (χ0n) is 8.58. The highest BCUT2D eigenvalue weighted by atomic mass is 19.4. The highest BCUT2D eigenvalue weighted by molar-refractivity contribution is 5.39. The standard InChI is InChI=1S/C10H11F3O3/c1-2-14-7-15-8-5-3-4-6-9(8)16-10(11,12)13/h3-6H,2,7H2,1H3. The molecule has 0 saturated heterocycles. The molecule has 6 heteroatoms. The van der Waals surface area contributed by atoms with Crippen molar-refractivity contribution in [3.63, 3.8) is 0 Å². The van der Waals surface area contributed by atoms with Crippen molar-refractivity contribution in [1.29, 1.82) is 0 Å². The molecule has 1 aromatic rings. The number of halogens is 3. The summed E-state index contributed by atoms with van der Waals surface area (Å²) in [6.45, 7) is 2.05. The molecule has 0 N–H and O–H groups in total. The van der Waals surface area contributed by atoms with E-state index in [4.69, 9.17) is 9.47 Å². The van der Waals surface area contributed by atoms with Gasteiger partial charge in [-0.2, -0.15) is 0 Å². The van der Waals surface area contributed by atoms with Crippen LogP contribution < -0.4 is 9.47 Å². The van der Waals surface area contributed by atoms with E-state index in [1.54, 1.807) is 13.0 Å². The maximum Gasteiger partial charge on any atom is 0.573 e. The number of hydrogen-bond acceptors (Lipinski definition) is 3. The number of hydrogen-bond donors (Lipinski definition) is 0. The molecule has 0 amide bonds. The molecular formula is C10H11F3O3. The van der Waals surface area contributed by atoms with Gasteiger partial charge in [-0.3, -0.25) is 0 Å². The molecule has 0 aliphatic carbocycles. The Kier molecular flexibility index (Phi) is 4.42. The molecule has 16 heavy (non-hydrogen) atoms. The summed E-state index contributed by atoms with van der Waals surface area (Å²) in [5.41, 5.74) is 0. The van der Waals surface area contributed by atoms with E-state index < -0.39 is 6.36 Å². The topological polar surface area (TPSA) is 27.7 Å². The maximum absolute atomic E-state index is 12.0. The zero-order chi connectivity index (χ0) is 12.0. The fourth-order valence-corrected chi connectivity index (χ4v) is 0.967. The number of ether oxygens (including phenoxy) is 3. The van der Waals surface area contributed by atoms with E-state index in [0.29, 0.717) is 6.61 Å². The van der Waals surface area contributed by atoms with Crippen LogP contribution in [0.15, 0.2) is 24.3 Å². The minimum atomic E-state index is -4.73.